The van der Waals surface area contributed by atoms with Gasteiger partial charge in [-0.2, -0.15) is 0 Å². The minimum absolute atomic E-state index is 0.0879. The van der Waals surface area contributed by atoms with E-state index in [4.69, 9.17) is 5.73 Å². The highest BCUT2D eigenvalue weighted by Gasteiger charge is 2.14. The van der Waals surface area contributed by atoms with Gasteiger partial charge in [0, 0.05) is 16.2 Å². The van der Waals surface area contributed by atoms with Crippen LogP contribution in [0.1, 0.15) is 38.8 Å². The molecule has 0 saturated carbocycles. The molecule has 0 radical (unpaired) electrons. The number of hydrogen-bond acceptors (Lipinski definition) is 3. The van der Waals surface area contributed by atoms with E-state index in [1.807, 2.05) is 26.0 Å². The highest BCUT2D eigenvalue weighted by Crippen LogP contribution is 2.31. The molecule has 0 aliphatic rings. The Balaban J connectivity index is 2.86. The lowest BCUT2D eigenvalue weighted by atomic mass is 10.1. The SMILES string of the molecule is CC[C@@H](N)c1ccccc1SC(C)C(C)O. The number of hydrogen-bond donors (Lipinski definition) is 2. The highest BCUT2D eigenvalue weighted by atomic mass is 32.2. The van der Waals surface area contributed by atoms with E-state index < -0.39 is 0 Å². The van der Waals surface area contributed by atoms with Crippen molar-refractivity contribution in [3.8, 4) is 0 Å². The van der Waals surface area contributed by atoms with Crippen molar-refractivity contribution < 1.29 is 5.11 Å². The molecular formula is C13H21NOS. The van der Waals surface area contributed by atoms with Crippen molar-refractivity contribution in [2.24, 2.45) is 5.73 Å². The van der Waals surface area contributed by atoms with Crippen LogP contribution in [0.5, 0.6) is 0 Å². The number of nitrogens with two attached hydrogens (primary N) is 1. The number of rotatable bonds is 5. The molecule has 3 heteroatoms. The first-order valence-corrected chi connectivity index (χ1v) is 6.63. The summed E-state index contributed by atoms with van der Waals surface area (Å²) in [6.07, 6.45) is 0.622. The van der Waals surface area contributed by atoms with Crippen LogP contribution in [0.15, 0.2) is 29.2 Å². The Morgan fingerprint density at radius 1 is 1.31 bits per heavy atom. The fourth-order valence-corrected chi connectivity index (χ4v) is 2.52. The monoisotopic (exact) mass is 239 g/mol. The molecule has 1 aromatic rings. The Bertz CT molecular complexity index is 327. The number of thioether (sulfide) groups is 1. The van der Waals surface area contributed by atoms with Crippen molar-refractivity contribution in [2.75, 3.05) is 0 Å². The molecule has 1 rings (SSSR count). The zero-order chi connectivity index (χ0) is 12.1. The van der Waals surface area contributed by atoms with Gasteiger partial charge in [0.05, 0.1) is 6.10 Å². The lowest BCUT2D eigenvalue weighted by Gasteiger charge is -2.19. The normalized spacial score (nSPS) is 16.8. The maximum absolute atomic E-state index is 9.52. The molecule has 2 unspecified atom stereocenters. The second kappa shape index (κ2) is 6.28. The van der Waals surface area contributed by atoms with E-state index >= 15 is 0 Å². The van der Waals surface area contributed by atoms with Crippen LogP contribution < -0.4 is 5.73 Å². The summed E-state index contributed by atoms with van der Waals surface area (Å²) in [6.45, 7) is 5.94. The summed E-state index contributed by atoms with van der Waals surface area (Å²) < 4.78 is 0. The van der Waals surface area contributed by atoms with Crippen LogP contribution in [-0.2, 0) is 0 Å². The predicted molar refractivity (Wildman–Crippen MR) is 70.7 cm³/mol. The number of aliphatic hydroxyl groups is 1. The molecule has 0 heterocycles. The summed E-state index contributed by atoms with van der Waals surface area (Å²) in [5.41, 5.74) is 7.25. The third kappa shape index (κ3) is 3.51. The molecular weight excluding hydrogens is 218 g/mol. The van der Waals surface area contributed by atoms with E-state index in [0.717, 1.165) is 6.42 Å². The van der Waals surface area contributed by atoms with Crippen molar-refractivity contribution in [1.29, 1.82) is 0 Å². The fourth-order valence-electron chi connectivity index (χ4n) is 1.41. The minimum atomic E-state index is -0.309. The molecule has 90 valence electrons. The molecule has 0 amide bonds. The van der Waals surface area contributed by atoms with Crippen LogP contribution in [0.25, 0.3) is 0 Å². The molecule has 0 fully saturated rings. The molecule has 3 atom stereocenters. The summed E-state index contributed by atoms with van der Waals surface area (Å²) in [5, 5.41) is 9.70. The molecule has 0 aliphatic carbocycles. The van der Waals surface area contributed by atoms with Gasteiger partial charge >= 0.3 is 0 Å². The summed E-state index contributed by atoms with van der Waals surface area (Å²) in [7, 11) is 0. The Morgan fingerprint density at radius 2 is 1.94 bits per heavy atom. The molecule has 0 saturated heterocycles. The quantitative estimate of drug-likeness (QED) is 0.777. The van der Waals surface area contributed by atoms with Crippen LogP contribution in [0, 0.1) is 0 Å². The van der Waals surface area contributed by atoms with E-state index in [-0.39, 0.29) is 17.4 Å². The number of benzene rings is 1. The third-order valence-electron chi connectivity index (χ3n) is 2.75. The smallest absolute Gasteiger partial charge is 0.0631 e. The maximum atomic E-state index is 9.52. The van der Waals surface area contributed by atoms with Crippen LogP contribution in [0.2, 0.25) is 0 Å². The van der Waals surface area contributed by atoms with E-state index in [1.165, 1.54) is 10.5 Å². The molecule has 16 heavy (non-hydrogen) atoms. The lowest BCUT2D eigenvalue weighted by molar-refractivity contribution is 0.196. The Hall–Kier alpha value is -0.510. The largest absolute Gasteiger partial charge is 0.392 e. The average Bonchev–Trinajstić information content (AvgIpc) is 2.28. The van der Waals surface area contributed by atoms with Gasteiger partial charge in [0.2, 0.25) is 0 Å². The van der Waals surface area contributed by atoms with Crippen LogP contribution in [-0.4, -0.2) is 16.5 Å². The molecule has 0 aliphatic heterocycles. The fraction of sp³-hybridized carbons (Fsp3) is 0.538. The predicted octanol–water partition coefficient (Wildman–Crippen LogP) is 2.96. The first kappa shape index (κ1) is 13.6. The molecule has 0 spiro atoms. The summed E-state index contributed by atoms with van der Waals surface area (Å²) in [4.78, 5) is 1.19. The Labute approximate surface area is 102 Å². The lowest BCUT2D eigenvalue weighted by Crippen LogP contribution is -2.16. The van der Waals surface area contributed by atoms with E-state index in [9.17, 15) is 5.11 Å². The average molecular weight is 239 g/mol. The van der Waals surface area contributed by atoms with Crippen molar-refractivity contribution in [3.05, 3.63) is 29.8 Å². The van der Waals surface area contributed by atoms with Crippen LogP contribution >= 0.6 is 11.8 Å². The Morgan fingerprint density at radius 3 is 2.50 bits per heavy atom. The molecule has 1 aromatic carbocycles. The second-order valence-corrected chi connectivity index (χ2v) is 5.54. The minimum Gasteiger partial charge on any atom is -0.392 e. The first-order valence-electron chi connectivity index (χ1n) is 5.75. The van der Waals surface area contributed by atoms with E-state index in [0.29, 0.717) is 0 Å². The van der Waals surface area contributed by atoms with Crippen LogP contribution in [0.4, 0.5) is 0 Å². The summed E-state index contributed by atoms with van der Waals surface area (Å²) in [5.74, 6) is 0. The maximum Gasteiger partial charge on any atom is 0.0631 e. The van der Waals surface area contributed by atoms with Gasteiger partial charge in [-0.1, -0.05) is 32.0 Å². The number of aliphatic hydroxyl groups excluding tert-OH is 1. The van der Waals surface area contributed by atoms with Gasteiger partial charge in [0.1, 0.15) is 0 Å². The van der Waals surface area contributed by atoms with Gasteiger partial charge in [0.25, 0.3) is 0 Å². The van der Waals surface area contributed by atoms with Crippen molar-refractivity contribution in [2.45, 2.75) is 49.5 Å². The topological polar surface area (TPSA) is 46.2 Å². The molecule has 0 aromatic heterocycles. The highest BCUT2D eigenvalue weighted by molar-refractivity contribution is 8.00. The molecule has 3 N–H and O–H groups in total. The van der Waals surface area contributed by atoms with Crippen molar-refractivity contribution in [3.63, 3.8) is 0 Å². The van der Waals surface area contributed by atoms with Gasteiger partial charge in [-0.15, -0.1) is 11.8 Å². The first-order chi connectivity index (χ1) is 7.56. The standard InChI is InChI=1S/C13H21NOS/c1-4-12(14)11-7-5-6-8-13(11)16-10(3)9(2)15/h5-10,12,15H,4,14H2,1-3H3/t9?,10?,12-/m1/s1. The van der Waals surface area contributed by atoms with Gasteiger partial charge in [-0.3, -0.25) is 0 Å². The van der Waals surface area contributed by atoms with E-state index in [2.05, 4.69) is 19.1 Å². The second-order valence-electron chi connectivity index (χ2n) is 4.12. The summed E-state index contributed by atoms with van der Waals surface area (Å²) >= 11 is 1.69. The summed E-state index contributed by atoms with van der Waals surface area (Å²) in [6, 6.07) is 8.27. The zero-order valence-corrected chi connectivity index (χ0v) is 11.0. The van der Waals surface area contributed by atoms with Gasteiger partial charge < -0.3 is 10.8 Å². The van der Waals surface area contributed by atoms with Gasteiger partial charge in [0.15, 0.2) is 0 Å². The zero-order valence-electron chi connectivity index (χ0n) is 10.2. The van der Waals surface area contributed by atoms with E-state index in [1.54, 1.807) is 11.8 Å². The molecule has 0 bridgehead atoms. The third-order valence-corrected chi connectivity index (χ3v) is 4.14. The van der Waals surface area contributed by atoms with Crippen LogP contribution in [0.3, 0.4) is 0 Å². The molecule has 2 nitrogen and oxygen atoms in total. The Kier molecular flexibility index (Phi) is 5.32. The van der Waals surface area contributed by atoms with Gasteiger partial charge in [-0.25, -0.2) is 0 Å². The van der Waals surface area contributed by atoms with Crippen molar-refractivity contribution >= 4 is 11.8 Å². The van der Waals surface area contributed by atoms with Gasteiger partial charge in [-0.05, 0) is 25.0 Å². The van der Waals surface area contributed by atoms with Crippen molar-refractivity contribution in [1.82, 2.24) is 0 Å².